The first-order chi connectivity index (χ1) is 13.5. The zero-order valence-corrected chi connectivity index (χ0v) is 15.6. The summed E-state index contributed by atoms with van der Waals surface area (Å²) in [5.41, 5.74) is 0.179. The van der Waals surface area contributed by atoms with Gasteiger partial charge in [0.15, 0.2) is 11.9 Å². The van der Waals surface area contributed by atoms with Crippen LogP contribution >= 0.6 is 0 Å². The Bertz CT molecular complexity index is 927. The predicted octanol–water partition coefficient (Wildman–Crippen LogP) is 3.25. The fourth-order valence-electron chi connectivity index (χ4n) is 3.01. The maximum Gasteiger partial charge on any atom is 0.270 e. The molecule has 0 aliphatic carbocycles. The Kier molecular flexibility index (Phi) is 5.73. The quantitative estimate of drug-likeness (QED) is 0.564. The van der Waals surface area contributed by atoms with Gasteiger partial charge in [-0.2, -0.15) is 0 Å². The van der Waals surface area contributed by atoms with Gasteiger partial charge in [-0.25, -0.2) is 4.39 Å². The van der Waals surface area contributed by atoms with Gasteiger partial charge in [-0.05, 0) is 43.7 Å². The van der Waals surface area contributed by atoms with Crippen molar-refractivity contribution >= 4 is 17.6 Å². The highest BCUT2D eigenvalue weighted by Gasteiger charge is 2.37. The summed E-state index contributed by atoms with van der Waals surface area (Å²) in [6, 6.07) is 10.1. The fraction of sp³-hybridized carbons (Fsp3) is 0.286. The maximum atomic E-state index is 13.7. The van der Waals surface area contributed by atoms with E-state index in [-0.39, 0.29) is 23.5 Å². The van der Waals surface area contributed by atoms with Gasteiger partial charge in [0.05, 0.1) is 24.3 Å². The van der Waals surface area contributed by atoms with Crippen LogP contribution in [0, 0.1) is 5.82 Å². The van der Waals surface area contributed by atoms with Gasteiger partial charge in [-0.15, -0.1) is 0 Å². The molecule has 6 nitrogen and oxygen atoms in total. The summed E-state index contributed by atoms with van der Waals surface area (Å²) in [6.07, 6.45) is -0.561. The van der Waals surface area contributed by atoms with Crippen LogP contribution in [0.4, 0.5) is 4.39 Å². The highest BCUT2D eigenvalue weighted by Crippen LogP contribution is 2.27. The third kappa shape index (κ3) is 3.74. The van der Waals surface area contributed by atoms with Crippen LogP contribution in [-0.2, 0) is 4.79 Å². The van der Waals surface area contributed by atoms with Gasteiger partial charge in [0.1, 0.15) is 17.3 Å². The number of amides is 2. The van der Waals surface area contributed by atoms with E-state index >= 15 is 0 Å². The fourth-order valence-corrected chi connectivity index (χ4v) is 3.01. The summed E-state index contributed by atoms with van der Waals surface area (Å²) < 4.78 is 24.7. The topological polar surface area (TPSA) is 72.9 Å². The Morgan fingerprint density at radius 2 is 1.93 bits per heavy atom. The summed E-state index contributed by atoms with van der Waals surface area (Å²) in [7, 11) is 0. The van der Waals surface area contributed by atoms with Gasteiger partial charge in [-0.1, -0.05) is 19.1 Å². The molecule has 0 bridgehead atoms. The number of hydrogen-bond donors (Lipinski definition) is 0. The molecule has 3 rings (SSSR count). The van der Waals surface area contributed by atoms with Crippen LogP contribution in [-0.4, -0.2) is 41.8 Å². The summed E-state index contributed by atoms with van der Waals surface area (Å²) in [6.45, 7) is 3.24. The first-order valence-electron chi connectivity index (χ1n) is 9.03. The van der Waals surface area contributed by atoms with E-state index in [1.165, 1.54) is 18.2 Å². The molecule has 0 spiro atoms. The maximum absolute atomic E-state index is 13.7. The summed E-state index contributed by atoms with van der Waals surface area (Å²) in [5.74, 6) is -1.94. The number of rotatable bonds is 6. The van der Waals surface area contributed by atoms with Crippen molar-refractivity contribution in [2.45, 2.75) is 26.4 Å². The minimum atomic E-state index is -0.890. The van der Waals surface area contributed by atoms with Crippen LogP contribution in [0.25, 0.3) is 0 Å². The second kappa shape index (κ2) is 8.21. The van der Waals surface area contributed by atoms with Gasteiger partial charge in [-0.3, -0.25) is 19.3 Å². The molecule has 0 aromatic heterocycles. The number of Topliss-reactive ketones (excluding diaryl/α,β-unsaturated/α-hetero) is 1. The van der Waals surface area contributed by atoms with Crippen molar-refractivity contribution < 1.29 is 28.2 Å². The minimum absolute atomic E-state index is 0.0195. The van der Waals surface area contributed by atoms with Crippen molar-refractivity contribution in [2.24, 2.45) is 0 Å². The van der Waals surface area contributed by atoms with Crippen molar-refractivity contribution in [1.29, 1.82) is 0 Å². The van der Waals surface area contributed by atoms with Gasteiger partial charge in [0.2, 0.25) is 0 Å². The molecule has 1 heterocycles. The smallest absolute Gasteiger partial charge is 0.270 e. The van der Waals surface area contributed by atoms with Crippen molar-refractivity contribution in [3.63, 3.8) is 0 Å². The highest BCUT2D eigenvalue weighted by atomic mass is 19.1. The average molecular weight is 385 g/mol. The number of hydrogen-bond acceptors (Lipinski definition) is 5. The van der Waals surface area contributed by atoms with E-state index in [1.54, 1.807) is 32.0 Å². The first kappa shape index (κ1) is 19.5. The van der Waals surface area contributed by atoms with Gasteiger partial charge < -0.3 is 9.47 Å². The standard InChI is InChI=1S/C21H20FNO5/c1-3-17-21(26)23(20(25)14-7-5-6-8-19(14)28-17)12-16(24)15-11-13(22)9-10-18(15)27-4-2/h5-11,17H,3-4,12H2,1-2H3/t17-/m1/s1. The van der Waals surface area contributed by atoms with E-state index < -0.39 is 36.1 Å². The molecule has 0 N–H and O–H groups in total. The van der Waals surface area contributed by atoms with E-state index in [9.17, 15) is 18.8 Å². The number of halogens is 1. The number of imide groups is 1. The highest BCUT2D eigenvalue weighted by molar-refractivity contribution is 6.12. The molecule has 0 fully saturated rings. The van der Waals surface area contributed by atoms with E-state index in [4.69, 9.17) is 9.47 Å². The molecule has 28 heavy (non-hydrogen) atoms. The molecule has 146 valence electrons. The Labute approximate surface area is 161 Å². The summed E-state index contributed by atoms with van der Waals surface area (Å²) in [5, 5.41) is 0. The molecular formula is C21H20FNO5. The number of benzene rings is 2. The average Bonchev–Trinajstić information content (AvgIpc) is 2.79. The zero-order valence-electron chi connectivity index (χ0n) is 15.6. The van der Waals surface area contributed by atoms with E-state index in [1.807, 2.05) is 0 Å². The van der Waals surface area contributed by atoms with Crippen LogP contribution in [0.3, 0.4) is 0 Å². The molecule has 7 heteroatoms. The molecule has 1 aliphatic rings. The number of carbonyl (C=O) groups excluding carboxylic acids is 3. The number of ether oxygens (including phenoxy) is 2. The summed E-state index contributed by atoms with van der Waals surface area (Å²) >= 11 is 0. The van der Waals surface area contributed by atoms with Crippen molar-refractivity contribution in [2.75, 3.05) is 13.2 Å². The molecule has 1 atom stereocenters. The van der Waals surface area contributed by atoms with Gasteiger partial charge in [0, 0.05) is 0 Å². The van der Waals surface area contributed by atoms with E-state index in [0.717, 1.165) is 11.0 Å². The third-order valence-electron chi connectivity index (χ3n) is 4.39. The van der Waals surface area contributed by atoms with Crippen molar-refractivity contribution in [1.82, 2.24) is 4.90 Å². The lowest BCUT2D eigenvalue weighted by molar-refractivity contribution is -0.135. The van der Waals surface area contributed by atoms with Crippen molar-refractivity contribution in [3.05, 3.63) is 59.4 Å². The second-order valence-corrected chi connectivity index (χ2v) is 6.24. The SMILES string of the molecule is CCOc1ccc(F)cc1C(=O)CN1C(=O)c2ccccc2O[C@H](CC)C1=O. The number of para-hydroxylation sites is 1. The number of ketones is 1. The third-order valence-corrected chi connectivity index (χ3v) is 4.39. The minimum Gasteiger partial charge on any atom is -0.493 e. The second-order valence-electron chi connectivity index (χ2n) is 6.24. The molecule has 0 unspecified atom stereocenters. The predicted molar refractivity (Wildman–Crippen MR) is 99.1 cm³/mol. The number of fused-ring (bicyclic) bond motifs is 1. The largest absolute Gasteiger partial charge is 0.493 e. The lowest BCUT2D eigenvalue weighted by Crippen LogP contribution is -2.45. The Balaban J connectivity index is 1.96. The van der Waals surface area contributed by atoms with Crippen LogP contribution in [0.15, 0.2) is 42.5 Å². The molecular weight excluding hydrogens is 365 g/mol. The first-order valence-corrected chi connectivity index (χ1v) is 9.03. The number of carbonyl (C=O) groups is 3. The Morgan fingerprint density at radius 3 is 2.64 bits per heavy atom. The molecule has 2 amide bonds. The number of nitrogens with zero attached hydrogens (tertiary/aromatic N) is 1. The van der Waals surface area contributed by atoms with Crippen LogP contribution < -0.4 is 9.47 Å². The lowest BCUT2D eigenvalue weighted by atomic mass is 10.1. The molecule has 0 saturated carbocycles. The van der Waals surface area contributed by atoms with Crippen LogP contribution in [0.5, 0.6) is 11.5 Å². The van der Waals surface area contributed by atoms with Gasteiger partial charge in [0.25, 0.3) is 11.8 Å². The Morgan fingerprint density at radius 1 is 1.18 bits per heavy atom. The van der Waals surface area contributed by atoms with Crippen molar-refractivity contribution in [3.8, 4) is 11.5 Å². The Hall–Kier alpha value is -3.22. The normalized spacial score (nSPS) is 16.2. The van der Waals surface area contributed by atoms with Crippen LogP contribution in [0.2, 0.25) is 0 Å². The molecule has 0 saturated heterocycles. The van der Waals surface area contributed by atoms with Gasteiger partial charge >= 0.3 is 0 Å². The molecule has 0 radical (unpaired) electrons. The van der Waals surface area contributed by atoms with E-state index in [0.29, 0.717) is 12.2 Å². The molecule has 2 aromatic carbocycles. The molecule has 1 aliphatic heterocycles. The van der Waals surface area contributed by atoms with Crippen LogP contribution in [0.1, 0.15) is 41.0 Å². The summed E-state index contributed by atoms with van der Waals surface area (Å²) in [4.78, 5) is 39.4. The lowest BCUT2D eigenvalue weighted by Gasteiger charge is -2.21. The molecule has 2 aromatic rings. The van der Waals surface area contributed by atoms with E-state index in [2.05, 4.69) is 0 Å². The zero-order chi connectivity index (χ0) is 20.3. The monoisotopic (exact) mass is 385 g/mol.